The number of hydrogen-bond donors (Lipinski definition) is 3. The van der Waals surface area contributed by atoms with E-state index in [4.69, 9.17) is 0 Å². The second-order valence-corrected chi connectivity index (χ2v) is 7.46. The van der Waals surface area contributed by atoms with Crippen molar-refractivity contribution in [2.75, 3.05) is 0 Å². The third-order valence-corrected chi connectivity index (χ3v) is 5.17. The van der Waals surface area contributed by atoms with E-state index in [0.717, 1.165) is 24.4 Å². The lowest BCUT2D eigenvalue weighted by Gasteiger charge is -2.35. The first kappa shape index (κ1) is 17.4. The summed E-state index contributed by atoms with van der Waals surface area (Å²) in [5, 5.41) is 2.89. The Kier molecular flexibility index (Phi) is 4.29. The lowest BCUT2D eigenvalue weighted by molar-refractivity contribution is -0.123. The highest BCUT2D eigenvalue weighted by Crippen LogP contribution is 2.39. The molecule has 0 aliphatic heterocycles. The Hall–Kier alpha value is -2.97. The van der Waals surface area contributed by atoms with Crippen LogP contribution in [0.1, 0.15) is 54.6 Å². The van der Waals surface area contributed by atoms with E-state index in [1.54, 1.807) is 6.92 Å². The van der Waals surface area contributed by atoms with Crippen molar-refractivity contribution in [2.45, 2.75) is 57.0 Å². The molecule has 0 spiro atoms. The van der Waals surface area contributed by atoms with Crippen molar-refractivity contribution in [2.24, 2.45) is 0 Å². The zero-order valence-corrected chi connectivity index (χ0v) is 14.9. The quantitative estimate of drug-likeness (QED) is 0.674. The Morgan fingerprint density at radius 3 is 2.67 bits per heavy atom. The normalized spacial score (nSPS) is 21.5. The zero-order chi connectivity index (χ0) is 19.1. The highest BCUT2D eigenvalue weighted by atomic mass is 16.2. The maximum Gasteiger partial charge on any atom is 0.328 e. The van der Waals surface area contributed by atoms with Crippen LogP contribution in [0.2, 0.25) is 0 Å². The number of carbonyl (C=O) groups excluding carboxylic acids is 1. The highest BCUT2D eigenvalue weighted by molar-refractivity contribution is 5.76. The molecule has 9 nitrogen and oxygen atoms in total. The smallest absolute Gasteiger partial charge is 0.328 e. The average molecular weight is 371 g/mol. The van der Waals surface area contributed by atoms with Crippen LogP contribution >= 0.6 is 0 Å². The summed E-state index contributed by atoms with van der Waals surface area (Å²) in [6.45, 7) is 1.43. The second-order valence-electron chi connectivity index (χ2n) is 7.46. The number of amides is 1. The van der Waals surface area contributed by atoms with Crippen LogP contribution < -0.4 is 22.1 Å². The van der Waals surface area contributed by atoms with Crippen LogP contribution in [0.4, 0.5) is 0 Å². The van der Waals surface area contributed by atoms with Gasteiger partial charge in [0.05, 0.1) is 5.69 Å². The topological polar surface area (TPSA) is 130 Å². The van der Waals surface area contributed by atoms with Gasteiger partial charge in [-0.3, -0.25) is 23.9 Å². The van der Waals surface area contributed by atoms with Crippen molar-refractivity contribution in [3.8, 4) is 0 Å². The summed E-state index contributed by atoms with van der Waals surface area (Å²) in [6, 6.07) is 1.53. The molecule has 2 saturated carbocycles. The van der Waals surface area contributed by atoms with E-state index < -0.39 is 11.2 Å². The van der Waals surface area contributed by atoms with Crippen LogP contribution in [-0.4, -0.2) is 31.5 Å². The largest absolute Gasteiger partial charge is 0.352 e. The third kappa shape index (κ3) is 3.76. The fourth-order valence-electron chi connectivity index (χ4n) is 3.40. The van der Waals surface area contributed by atoms with Crippen LogP contribution in [0.3, 0.4) is 0 Å². The molecule has 0 unspecified atom stereocenters. The highest BCUT2D eigenvalue weighted by Gasteiger charge is 2.34. The lowest BCUT2D eigenvalue weighted by atomic mass is 9.78. The number of aromatic amines is 2. The molecular formula is C18H21N5O4. The van der Waals surface area contributed by atoms with Crippen LogP contribution in [0, 0.1) is 6.92 Å². The van der Waals surface area contributed by atoms with Crippen molar-refractivity contribution in [1.29, 1.82) is 0 Å². The van der Waals surface area contributed by atoms with Gasteiger partial charge >= 0.3 is 5.69 Å². The molecule has 0 radical (unpaired) electrons. The van der Waals surface area contributed by atoms with Gasteiger partial charge in [-0.2, -0.15) is 0 Å². The molecule has 0 atom stereocenters. The minimum absolute atomic E-state index is 0.00692. The van der Waals surface area contributed by atoms with E-state index in [2.05, 4.69) is 20.3 Å². The molecule has 27 heavy (non-hydrogen) atoms. The van der Waals surface area contributed by atoms with Gasteiger partial charge in [0.1, 0.15) is 12.4 Å². The number of nitrogens with one attached hydrogen (secondary N) is 3. The minimum Gasteiger partial charge on any atom is -0.352 e. The summed E-state index contributed by atoms with van der Waals surface area (Å²) >= 11 is 0. The van der Waals surface area contributed by atoms with Crippen molar-refractivity contribution in [3.05, 3.63) is 60.5 Å². The number of hydrogen-bond acceptors (Lipinski definition) is 5. The standard InChI is InChI=1S/C18H21N5O4/c1-9-7-23(18(27)22-17(9)26)8-15(25)19-12-4-11(5-12)13-6-14(24)21-16(20-13)10-2-3-10/h6-7,10-12H,2-5,8H2,1H3,(H,19,25)(H,20,21,24)(H,22,26,27). The summed E-state index contributed by atoms with van der Waals surface area (Å²) in [6.07, 6.45) is 4.94. The number of H-pyrrole nitrogens is 2. The first-order chi connectivity index (χ1) is 12.9. The van der Waals surface area contributed by atoms with Gasteiger partial charge in [0.2, 0.25) is 5.91 Å². The summed E-state index contributed by atoms with van der Waals surface area (Å²) in [7, 11) is 0. The van der Waals surface area contributed by atoms with Gasteiger partial charge in [-0.1, -0.05) is 0 Å². The molecule has 2 aromatic heterocycles. The number of aryl methyl sites for hydroxylation is 1. The van der Waals surface area contributed by atoms with Crippen LogP contribution in [0.5, 0.6) is 0 Å². The number of aromatic nitrogens is 4. The minimum atomic E-state index is -0.604. The molecule has 2 heterocycles. The Labute approximate surface area is 153 Å². The van der Waals surface area contributed by atoms with Gasteiger partial charge in [0.15, 0.2) is 0 Å². The Morgan fingerprint density at radius 2 is 1.96 bits per heavy atom. The maximum atomic E-state index is 12.2. The van der Waals surface area contributed by atoms with E-state index in [-0.39, 0.29) is 30.0 Å². The number of nitrogens with zero attached hydrogens (tertiary/aromatic N) is 2. The van der Waals surface area contributed by atoms with Gasteiger partial charge in [-0.15, -0.1) is 0 Å². The molecule has 1 amide bonds. The number of carbonyl (C=O) groups is 1. The van der Waals surface area contributed by atoms with E-state index in [9.17, 15) is 19.2 Å². The summed E-state index contributed by atoms with van der Waals surface area (Å²) in [5.41, 5.74) is -0.0132. The predicted octanol–water partition coefficient (Wildman–Crippen LogP) is -0.132. The van der Waals surface area contributed by atoms with E-state index >= 15 is 0 Å². The Balaban J connectivity index is 1.35. The Morgan fingerprint density at radius 1 is 1.22 bits per heavy atom. The first-order valence-electron chi connectivity index (χ1n) is 9.10. The number of rotatable bonds is 5. The van der Waals surface area contributed by atoms with E-state index in [1.165, 1.54) is 16.8 Å². The molecule has 9 heteroatoms. The van der Waals surface area contributed by atoms with Gasteiger partial charge in [-0.25, -0.2) is 9.78 Å². The molecule has 4 rings (SSSR count). The summed E-state index contributed by atoms with van der Waals surface area (Å²) < 4.78 is 1.18. The molecule has 0 saturated heterocycles. The Bertz CT molecular complexity index is 1060. The fraction of sp³-hybridized carbons (Fsp3) is 0.500. The molecule has 2 aromatic rings. The average Bonchev–Trinajstić information content (AvgIpc) is 3.40. The monoisotopic (exact) mass is 371 g/mol. The summed E-state index contributed by atoms with van der Waals surface area (Å²) in [5.74, 6) is 1.03. The second kappa shape index (κ2) is 6.64. The van der Waals surface area contributed by atoms with Crippen molar-refractivity contribution in [1.82, 2.24) is 24.8 Å². The SMILES string of the molecule is Cc1cn(CC(=O)NC2CC(c3cc(=O)[nH]c(C4CC4)n3)C2)c(=O)[nH]c1=O. The molecule has 3 N–H and O–H groups in total. The van der Waals surface area contributed by atoms with Gasteiger partial charge in [0.25, 0.3) is 11.1 Å². The van der Waals surface area contributed by atoms with Gasteiger partial charge < -0.3 is 10.3 Å². The maximum absolute atomic E-state index is 12.2. The first-order valence-corrected chi connectivity index (χ1v) is 9.10. The van der Waals surface area contributed by atoms with Crippen LogP contribution in [-0.2, 0) is 11.3 Å². The zero-order valence-electron chi connectivity index (χ0n) is 14.9. The summed E-state index contributed by atoms with van der Waals surface area (Å²) in [4.78, 5) is 56.7. The van der Waals surface area contributed by atoms with Crippen LogP contribution in [0.25, 0.3) is 0 Å². The van der Waals surface area contributed by atoms with Crippen LogP contribution in [0.15, 0.2) is 26.6 Å². The molecular weight excluding hydrogens is 350 g/mol. The molecule has 2 aliphatic rings. The molecule has 0 aromatic carbocycles. The van der Waals surface area contributed by atoms with E-state index in [0.29, 0.717) is 24.3 Å². The predicted molar refractivity (Wildman–Crippen MR) is 96.8 cm³/mol. The van der Waals surface area contributed by atoms with Gasteiger partial charge in [0, 0.05) is 35.7 Å². The molecule has 142 valence electrons. The van der Waals surface area contributed by atoms with E-state index in [1.807, 2.05) is 0 Å². The molecule has 0 bridgehead atoms. The molecule has 2 fully saturated rings. The van der Waals surface area contributed by atoms with Crippen molar-refractivity contribution < 1.29 is 4.79 Å². The van der Waals surface area contributed by atoms with Gasteiger partial charge in [-0.05, 0) is 32.6 Å². The van der Waals surface area contributed by atoms with Crippen molar-refractivity contribution in [3.63, 3.8) is 0 Å². The van der Waals surface area contributed by atoms with Crippen molar-refractivity contribution >= 4 is 5.91 Å². The molecule has 2 aliphatic carbocycles. The fourth-order valence-corrected chi connectivity index (χ4v) is 3.40. The lowest BCUT2D eigenvalue weighted by Crippen LogP contribution is -2.46. The third-order valence-electron chi connectivity index (χ3n) is 5.17.